The fraction of sp³-hybridized carbons (Fsp3) is 1.00. The van der Waals surface area contributed by atoms with Crippen molar-refractivity contribution in [2.24, 2.45) is 5.92 Å². The summed E-state index contributed by atoms with van der Waals surface area (Å²) in [6, 6.07) is 0. The van der Waals surface area contributed by atoms with E-state index >= 15 is 0 Å². The number of hydrogen-bond donors (Lipinski definition) is 0. The van der Waals surface area contributed by atoms with Crippen LogP contribution >= 0.6 is 0 Å². The van der Waals surface area contributed by atoms with Crippen LogP contribution in [-0.4, -0.2) is 18.5 Å². The molecule has 0 spiro atoms. The van der Waals surface area contributed by atoms with Crippen molar-refractivity contribution in [3.8, 4) is 0 Å². The molecule has 1 fully saturated rings. The molecule has 60 valence electrons. The Kier molecular flexibility index (Phi) is 2.32. The van der Waals surface area contributed by atoms with E-state index in [9.17, 15) is 0 Å². The van der Waals surface area contributed by atoms with Crippen LogP contribution in [0.4, 0.5) is 0 Å². The first-order chi connectivity index (χ1) is 4.61. The van der Waals surface area contributed by atoms with E-state index in [1.807, 2.05) is 13.8 Å². The van der Waals surface area contributed by atoms with Gasteiger partial charge < -0.3 is 9.47 Å². The molecule has 1 heterocycles. The highest BCUT2D eigenvalue weighted by Gasteiger charge is 2.31. The van der Waals surface area contributed by atoms with Crippen LogP contribution in [0.25, 0.3) is 0 Å². The first-order valence-electron chi connectivity index (χ1n) is 3.92. The summed E-state index contributed by atoms with van der Waals surface area (Å²) in [4.78, 5) is 0. The lowest BCUT2D eigenvalue weighted by Crippen LogP contribution is -2.16. The summed E-state index contributed by atoms with van der Waals surface area (Å²) in [7, 11) is 0. The van der Waals surface area contributed by atoms with E-state index < -0.39 is 0 Å². The van der Waals surface area contributed by atoms with Gasteiger partial charge in [0.15, 0.2) is 6.29 Å². The predicted octanol–water partition coefficient (Wildman–Crippen LogP) is 1.79. The van der Waals surface area contributed by atoms with Gasteiger partial charge in [-0.2, -0.15) is 0 Å². The summed E-state index contributed by atoms with van der Waals surface area (Å²) in [6.07, 6.45) is 0.532. The molecule has 0 amide bonds. The lowest BCUT2D eigenvalue weighted by atomic mass is 10.2. The summed E-state index contributed by atoms with van der Waals surface area (Å²) in [5.41, 5.74) is 0. The third kappa shape index (κ3) is 1.50. The minimum absolute atomic E-state index is 0.0185. The maximum atomic E-state index is 5.51. The van der Waals surface area contributed by atoms with E-state index in [2.05, 4.69) is 13.8 Å². The first-order valence-corrected chi connectivity index (χ1v) is 3.92. The molecule has 0 aliphatic carbocycles. The summed E-state index contributed by atoms with van der Waals surface area (Å²) in [5, 5.41) is 0. The molecule has 1 rings (SSSR count). The lowest BCUT2D eigenvalue weighted by Gasteiger charge is -2.12. The zero-order valence-electron chi connectivity index (χ0n) is 7.13. The quantitative estimate of drug-likeness (QED) is 0.558. The second-order valence-corrected chi connectivity index (χ2v) is 3.29. The highest BCUT2D eigenvalue weighted by atomic mass is 16.7. The molecule has 1 aliphatic heterocycles. The second-order valence-electron chi connectivity index (χ2n) is 3.29. The largest absolute Gasteiger partial charge is 0.347 e. The van der Waals surface area contributed by atoms with Gasteiger partial charge in [-0.1, -0.05) is 13.8 Å². The molecule has 0 bridgehead atoms. The van der Waals surface area contributed by atoms with Crippen LogP contribution in [0.15, 0.2) is 0 Å². The van der Waals surface area contributed by atoms with Crippen LogP contribution in [-0.2, 0) is 9.47 Å². The zero-order valence-corrected chi connectivity index (χ0v) is 7.13. The molecule has 1 saturated heterocycles. The standard InChI is InChI=1S/C8H16O2/c1-5(2)8-9-6(3)7(4)10-8/h5-8H,1-4H3. The molecule has 0 aromatic heterocycles. The zero-order chi connectivity index (χ0) is 7.72. The number of hydrogen-bond acceptors (Lipinski definition) is 2. The third-order valence-corrected chi connectivity index (χ3v) is 1.90. The minimum Gasteiger partial charge on any atom is -0.347 e. The van der Waals surface area contributed by atoms with Crippen molar-refractivity contribution in [2.75, 3.05) is 0 Å². The van der Waals surface area contributed by atoms with Gasteiger partial charge in [0.2, 0.25) is 0 Å². The molecule has 0 aromatic rings. The van der Waals surface area contributed by atoms with E-state index in [0.29, 0.717) is 5.92 Å². The molecule has 2 unspecified atom stereocenters. The van der Waals surface area contributed by atoms with Crippen molar-refractivity contribution in [3.63, 3.8) is 0 Å². The van der Waals surface area contributed by atoms with E-state index in [4.69, 9.17) is 9.47 Å². The van der Waals surface area contributed by atoms with Gasteiger partial charge in [0, 0.05) is 5.92 Å². The predicted molar refractivity (Wildman–Crippen MR) is 39.7 cm³/mol. The van der Waals surface area contributed by atoms with Crippen molar-refractivity contribution in [3.05, 3.63) is 0 Å². The monoisotopic (exact) mass is 144 g/mol. The lowest BCUT2D eigenvalue weighted by molar-refractivity contribution is -0.0919. The van der Waals surface area contributed by atoms with Gasteiger partial charge in [-0.15, -0.1) is 0 Å². The molecule has 2 nitrogen and oxygen atoms in total. The normalized spacial score (nSPS) is 41.1. The molecule has 0 aromatic carbocycles. The smallest absolute Gasteiger partial charge is 0.160 e. The van der Waals surface area contributed by atoms with Crippen molar-refractivity contribution in [1.82, 2.24) is 0 Å². The molecule has 0 N–H and O–H groups in total. The van der Waals surface area contributed by atoms with Crippen LogP contribution in [0.3, 0.4) is 0 Å². The van der Waals surface area contributed by atoms with Crippen molar-refractivity contribution in [1.29, 1.82) is 0 Å². The van der Waals surface area contributed by atoms with E-state index in [-0.39, 0.29) is 18.5 Å². The van der Waals surface area contributed by atoms with Crippen molar-refractivity contribution in [2.45, 2.75) is 46.2 Å². The molecule has 2 atom stereocenters. The van der Waals surface area contributed by atoms with E-state index in [0.717, 1.165) is 0 Å². The Labute approximate surface area is 62.5 Å². The van der Waals surface area contributed by atoms with Gasteiger partial charge >= 0.3 is 0 Å². The highest BCUT2D eigenvalue weighted by molar-refractivity contribution is 4.70. The Morgan fingerprint density at radius 1 is 1.00 bits per heavy atom. The maximum Gasteiger partial charge on any atom is 0.160 e. The molecule has 2 heteroatoms. The Hall–Kier alpha value is -0.0800. The Morgan fingerprint density at radius 2 is 1.40 bits per heavy atom. The third-order valence-electron chi connectivity index (χ3n) is 1.90. The minimum atomic E-state index is 0.0185. The van der Waals surface area contributed by atoms with Crippen LogP contribution in [0, 0.1) is 5.92 Å². The highest BCUT2D eigenvalue weighted by Crippen LogP contribution is 2.23. The van der Waals surface area contributed by atoms with Gasteiger partial charge in [0.05, 0.1) is 12.2 Å². The van der Waals surface area contributed by atoms with Crippen LogP contribution in [0.2, 0.25) is 0 Å². The SMILES string of the molecule is CC(C)C1OC(C)C(C)O1. The second kappa shape index (κ2) is 2.89. The Morgan fingerprint density at radius 3 is 1.60 bits per heavy atom. The molecular formula is C8H16O2. The molecule has 0 saturated carbocycles. The molecule has 10 heavy (non-hydrogen) atoms. The van der Waals surface area contributed by atoms with Crippen LogP contribution in [0.1, 0.15) is 27.7 Å². The van der Waals surface area contributed by atoms with Gasteiger partial charge in [0.25, 0.3) is 0 Å². The average molecular weight is 144 g/mol. The van der Waals surface area contributed by atoms with Gasteiger partial charge in [-0.25, -0.2) is 0 Å². The van der Waals surface area contributed by atoms with E-state index in [1.165, 1.54) is 0 Å². The number of ether oxygens (including phenoxy) is 2. The molecular weight excluding hydrogens is 128 g/mol. The maximum absolute atomic E-state index is 5.51. The van der Waals surface area contributed by atoms with Gasteiger partial charge in [-0.05, 0) is 13.8 Å². The number of rotatable bonds is 1. The van der Waals surface area contributed by atoms with Crippen LogP contribution in [0.5, 0.6) is 0 Å². The van der Waals surface area contributed by atoms with E-state index in [1.54, 1.807) is 0 Å². The summed E-state index contributed by atoms with van der Waals surface area (Å²) in [5.74, 6) is 0.465. The average Bonchev–Trinajstić information content (AvgIpc) is 2.13. The fourth-order valence-corrected chi connectivity index (χ4v) is 0.991. The van der Waals surface area contributed by atoms with Gasteiger partial charge in [0.1, 0.15) is 0 Å². The topological polar surface area (TPSA) is 18.5 Å². The van der Waals surface area contributed by atoms with Crippen molar-refractivity contribution < 1.29 is 9.47 Å². The Balaban J connectivity index is 2.41. The van der Waals surface area contributed by atoms with Crippen LogP contribution < -0.4 is 0 Å². The van der Waals surface area contributed by atoms with Crippen molar-refractivity contribution >= 4 is 0 Å². The summed E-state index contributed by atoms with van der Waals surface area (Å²) >= 11 is 0. The first kappa shape index (κ1) is 8.02. The fourth-order valence-electron chi connectivity index (χ4n) is 0.991. The molecule has 0 radical (unpaired) electrons. The summed E-state index contributed by atoms with van der Waals surface area (Å²) < 4.78 is 11.0. The van der Waals surface area contributed by atoms with Gasteiger partial charge in [-0.3, -0.25) is 0 Å². The molecule has 1 aliphatic rings. The summed E-state index contributed by atoms with van der Waals surface area (Å²) in [6.45, 7) is 8.31. The Bertz CT molecular complexity index is 102.